The molecule has 1 saturated heterocycles. The fourth-order valence-corrected chi connectivity index (χ4v) is 2.47. The van der Waals surface area contributed by atoms with E-state index in [9.17, 15) is 13.2 Å². The van der Waals surface area contributed by atoms with Crippen LogP contribution in [0.1, 0.15) is 26.2 Å². The van der Waals surface area contributed by atoms with Crippen molar-refractivity contribution in [3.63, 3.8) is 0 Å². The van der Waals surface area contributed by atoms with Gasteiger partial charge in [-0.2, -0.15) is 13.2 Å². The molecule has 1 rings (SSSR count). The van der Waals surface area contributed by atoms with E-state index in [0.717, 1.165) is 25.9 Å². The Kier molecular flexibility index (Phi) is 12.0. The normalized spacial score (nSPS) is 19.5. The number of nitrogens with one attached hydrogen (secondary N) is 2. The van der Waals surface area contributed by atoms with Crippen LogP contribution in [0.3, 0.4) is 0 Å². The standard InChI is InChI=1S/C14H27F3N4O.HI/c1-3-18-13(19-7-6-14(15,16)17)20-11-12-5-4-8-21(12)9-10-22-2;/h12H,3-11H2,1-2H3,(H2,18,19,20);1H. The van der Waals surface area contributed by atoms with Gasteiger partial charge in [-0.3, -0.25) is 9.89 Å². The average Bonchev–Trinajstić information content (AvgIpc) is 2.88. The number of guanidine groups is 1. The molecule has 23 heavy (non-hydrogen) atoms. The summed E-state index contributed by atoms with van der Waals surface area (Å²) in [4.78, 5) is 6.74. The second-order valence-electron chi connectivity index (χ2n) is 5.34. The highest BCUT2D eigenvalue weighted by Crippen LogP contribution is 2.18. The Balaban J connectivity index is 0.00000484. The predicted octanol–water partition coefficient (Wildman–Crippen LogP) is 2.22. The number of likely N-dealkylation sites (tertiary alicyclic amines) is 1. The number of methoxy groups -OCH3 is 1. The summed E-state index contributed by atoms with van der Waals surface area (Å²) in [5, 5.41) is 5.71. The minimum absolute atomic E-state index is 0. The molecule has 138 valence electrons. The molecule has 0 spiro atoms. The van der Waals surface area contributed by atoms with Gasteiger partial charge in [0.15, 0.2) is 5.96 Å². The summed E-state index contributed by atoms with van der Waals surface area (Å²) in [7, 11) is 1.68. The highest BCUT2D eigenvalue weighted by molar-refractivity contribution is 14.0. The van der Waals surface area contributed by atoms with E-state index >= 15 is 0 Å². The van der Waals surface area contributed by atoms with Gasteiger partial charge in [-0.1, -0.05) is 0 Å². The average molecular weight is 452 g/mol. The smallest absolute Gasteiger partial charge is 0.383 e. The minimum atomic E-state index is -4.15. The Morgan fingerprint density at radius 3 is 2.70 bits per heavy atom. The fraction of sp³-hybridized carbons (Fsp3) is 0.929. The van der Waals surface area contributed by atoms with Gasteiger partial charge in [0.2, 0.25) is 0 Å². The van der Waals surface area contributed by atoms with Crippen LogP contribution in [-0.2, 0) is 4.74 Å². The van der Waals surface area contributed by atoms with Crippen molar-refractivity contribution in [2.75, 3.05) is 46.4 Å². The van der Waals surface area contributed by atoms with E-state index in [1.165, 1.54) is 0 Å². The molecule has 1 fully saturated rings. The van der Waals surface area contributed by atoms with Crippen molar-refractivity contribution in [1.82, 2.24) is 15.5 Å². The number of hydrogen-bond acceptors (Lipinski definition) is 3. The first-order valence-corrected chi connectivity index (χ1v) is 7.78. The highest BCUT2D eigenvalue weighted by atomic mass is 127. The lowest BCUT2D eigenvalue weighted by molar-refractivity contribution is -0.132. The molecular weight excluding hydrogens is 424 g/mol. The molecular formula is C14H28F3IN4O. The number of ether oxygens (including phenoxy) is 1. The summed E-state index contributed by atoms with van der Waals surface area (Å²) in [6.07, 6.45) is -2.81. The van der Waals surface area contributed by atoms with E-state index in [1.807, 2.05) is 6.92 Å². The second kappa shape index (κ2) is 12.1. The molecule has 1 atom stereocenters. The maximum Gasteiger partial charge on any atom is 0.390 e. The lowest BCUT2D eigenvalue weighted by Crippen LogP contribution is -2.40. The molecule has 0 aromatic rings. The molecule has 0 aliphatic carbocycles. The Labute approximate surface area is 153 Å². The monoisotopic (exact) mass is 452 g/mol. The van der Waals surface area contributed by atoms with E-state index in [-0.39, 0.29) is 30.5 Å². The van der Waals surface area contributed by atoms with Crippen molar-refractivity contribution < 1.29 is 17.9 Å². The number of halogens is 4. The first-order valence-electron chi connectivity index (χ1n) is 7.78. The van der Waals surface area contributed by atoms with Gasteiger partial charge in [0, 0.05) is 32.8 Å². The van der Waals surface area contributed by atoms with Crippen LogP contribution in [0.2, 0.25) is 0 Å². The first-order chi connectivity index (χ1) is 10.5. The van der Waals surface area contributed by atoms with E-state index in [4.69, 9.17) is 4.74 Å². The van der Waals surface area contributed by atoms with Gasteiger partial charge in [-0.25, -0.2) is 0 Å². The summed E-state index contributed by atoms with van der Waals surface area (Å²) >= 11 is 0. The molecule has 0 saturated carbocycles. The summed E-state index contributed by atoms with van der Waals surface area (Å²) in [5.74, 6) is 0.449. The molecule has 5 nitrogen and oxygen atoms in total. The van der Waals surface area contributed by atoms with E-state index < -0.39 is 12.6 Å². The number of aliphatic imine (C=N–C) groups is 1. The Morgan fingerprint density at radius 2 is 2.09 bits per heavy atom. The zero-order chi connectivity index (χ0) is 16.4. The van der Waals surface area contributed by atoms with E-state index in [2.05, 4.69) is 20.5 Å². The van der Waals surface area contributed by atoms with Crippen LogP contribution in [0.5, 0.6) is 0 Å². The van der Waals surface area contributed by atoms with Gasteiger partial charge in [0.05, 0.1) is 19.6 Å². The molecule has 0 amide bonds. The zero-order valence-electron chi connectivity index (χ0n) is 13.8. The lowest BCUT2D eigenvalue weighted by atomic mass is 10.2. The van der Waals surface area contributed by atoms with Gasteiger partial charge in [0.25, 0.3) is 0 Å². The maximum atomic E-state index is 12.2. The molecule has 1 aliphatic heterocycles. The SMILES string of the molecule is CCNC(=NCC1CCCN1CCOC)NCCC(F)(F)F.I. The molecule has 1 unspecified atom stereocenters. The predicted molar refractivity (Wildman–Crippen MR) is 96.5 cm³/mol. The van der Waals surface area contributed by atoms with E-state index in [1.54, 1.807) is 7.11 Å². The summed E-state index contributed by atoms with van der Waals surface area (Å²) in [6, 6.07) is 0.341. The molecule has 0 aromatic carbocycles. The molecule has 1 aliphatic rings. The van der Waals surface area contributed by atoms with Crippen molar-refractivity contribution in [3.05, 3.63) is 0 Å². The Hall–Kier alpha value is -0.290. The van der Waals surface area contributed by atoms with Crippen LogP contribution in [0, 0.1) is 0 Å². The Morgan fingerprint density at radius 1 is 1.35 bits per heavy atom. The number of nitrogens with zero attached hydrogens (tertiary/aromatic N) is 2. The van der Waals surface area contributed by atoms with Gasteiger partial charge in [0.1, 0.15) is 0 Å². The third kappa shape index (κ3) is 10.2. The molecule has 1 heterocycles. The third-order valence-corrected chi connectivity index (χ3v) is 3.59. The zero-order valence-corrected chi connectivity index (χ0v) is 16.1. The van der Waals surface area contributed by atoms with Crippen molar-refractivity contribution in [2.24, 2.45) is 4.99 Å². The molecule has 0 bridgehead atoms. The van der Waals surface area contributed by atoms with Gasteiger partial charge in [-0.15, -0.1) is 24.0 Å². The third-order valence-electron chi connectivity index (χ3n) is 3.59. The first kappa shape index (κ1) is 22.7. The topological polar surface area (TPSA) is 48.9 Å². The van der Waals surface area contributed by atoms with Crippen LogP contribution in [0.4, 0.5) is 13.2 Å². The van der Waals surface area contributed by atoms with Crippen LogP contribution in [-0.4, -0.2) is 69.5 Å². The van der Waals surface area contributed by atoms with Crippen LogP contribution in [0.25, 0.3) is 0 Å². The molecule has 9 heteroatoms. The van der Waals surface area contributed by atoms with Crippen LogP contribution >= 0.6 is 24.0 Å². The van der Waals surface area contributed by atoms with Crippen LogP contribution < -0.4 is 10.6 Å². The molecule has 0 aromatic heterocycles. The second-order valence-corrected chi connectivity index (χ2v) is 5.34. The quantitative estimate of drug-likeness (QED) is 0.337. The fourth-order valence-electron chi connectivity index (χ4n) is 2.47. The summed E-state index contributed by atoms with van der Waals surface area (Å²) in [6.45, 7) is 5.52. The summed E-state index contributed by atoms with van der Waals surface area (Å²) in [5.41, 5.74) is 0. The van der Waals surface area contributed by atoms with E-state index in [0.29, 0.717) is 31.7 Å². The lowest BCUT2D eigenvalue weighted by Gasteiger charge is -2.23. The molecule has 0 radical (unpaired) electrons. The van der Waals surface area contributed by atoms with Gasteiger partial charge in [-0.05, 0) is 26.3 Å². The van der Waals surface area contributed by atoms with Crippen molar-refractivity contribution in [3.8, 4) is 0 Å². The number of hydrogen-bond donors (Lipinski definition) is 2. The van der Waals surface area contributed by atoms with Crippen molar-refractivity contribution in [2.45, 2.75) is 38.4 Å². The van der Waals surface area contributed by atoms with Gasteiger partial charge >= 0.3 is 6.18 Å². The van der Waals surface area contributed by atoms with Crippen LogP contribution in [0.15, 0.2) is 4.99 Å². The van der Waals surface area contributed by atoms with Crippen molar-refractivity contribution in [1.29, 1.82) is 0 Å². The highest BCUT2D eigenvalue weighted by Gasteiger charge is 2.26. The Bertz CT molecular complexity index is 342. The van der Waals surface area contributed by atoms with Crippen molar-refractivity contribution >= 4 is 29.9 Å². The summed E-state index contributed by atoms with van der Waals surface area (Å²) < 4.78 is 41.6. The molecule has 2 N–H and O–H groups in total. The number of rotatable bonds is 8. The number of alkyl halides is 3. The largest absolute Gasteiger partial charge is 0.390 e. The minimum Gasteiger partial charge on any atom is -0.383 e. The van der Waals surface area contributed by atoms with Gasteiger partial charge < -0.3 is 15.4 Å². The maximum absolute atomic E-state index is 12.2.